The number of esters is 1. The van der Waals surface area contributed by atoms with E-state index in [-0.39, 0.29) is 36.0 Å². The van der Waals surface area contributed by atoms with Crippen molar-refractivity contribution in [3.8, 4) is 17.2 Å². The molecule has 0 fully saturated rings. The maximum atomic E-state index is 13.9. The first-order valence-electron chi connectivity index (χ1n) is 10.4. The van der Waals surface area contributed by atoms with Crippen LogP contribution in [0, 0.1) is 15.9 Å². The fourth-order valence-electron chi connectivity index (χ4n) is 3.08. The summed E-state index contributed by atoms with van der Waals surface area (Å²) in [4.78, 5) is 36.6. The average Bonchev–Trinajstić information content (AvgIpc) is 3.27. The van der Waals surface area contributed by atoms with Crippen molar-refractivity contribution < 1.29 is 33.1 Å². The van der Waals surface area contributed by atoms with Crippen LogP contribution in [-0.4, -0.2) is 58.9 Å². The minimum absolute atomic E-state index is 0.000885. The zero-order valence-corrected chi connectivity index (χ0v) is 19.3. The molecule has 11 nitrogen and oxygen atoms in total. The Morgan fingerprint density at radius 2 is 1.89 bits per heavy atom. The molecule has 35 heavy (non-hydrogen) atoms. The third kappa shape index (κ3) is 6.10. The molecule has 0 radical (unpaired) electrons. The summed E-state index contributed by atoms with van der Waals surface area (Å²) in [7, 11) is 2.89. The first kappa shape index (κ1) is 25.1. The van der Waals surface area contributed by atoms with Crippen LogP contribution in [0.4, 0.5) is 10.1 Å². The number of nitro groups is 1. The lowest BCUT2D eigenvalue weighted by molar-refractivity contribution is -0.384. The summed E-state index contributed by atoms with van der Waals surface area (Å²) >= 11 is 0. The molecular weight excluding hydrogens is 463 g/mol. The SMILES string of the molecule is CCOC(=O)c1nn(-c2ccc([N+](=O)[O-])cc2)cc1OCC(=O)N(C)Cc1ccc(OC)c(F)c1. The van der Waals surface area contributed by atoms with E-state index in [0.29, 0.717) is 11.3 Å². The number of non-ortho nitro benzene ring substituents is 1. The normalized spacial score (nSPS) is 10.5. The first-order chi connectivity index (χ1) is 16.7. The number of carbonyl (C=O) groups is 2. The number of rotatable bonds is 10. The second-order valence-electron chi connectivity index (χ2n) is 7.29. The van der Waals surface area contributed by atoms with Crippen molar-refractivity contribution in [2.45, 2.75) is 13.5 Å². The van der Waals surface area contributed by atoms with E-state index in [0.717, 1.165) is 0 Å². The quantitative estimate of drug-likeness (QED) is 0.243. The Labute approximate surface area is 199 Å². The van der Waals surface area contributed by atoms with Crippen molar-refractivity contribution >= 4 is 17.6 Å². The Kier molecular flexibility index (Phi) is 7.97. The van der Waals surface area contributed by atoms with Crippen LogP contribution in [0.15, 0.2) is 48.7 Å². The highest BCUT2D eigenvalue weighted by molar-refractivity contribution is 5.90. The maximum Gasteiger partial charge on any atom is 0.362 e. The lowest BCUT2D eigenvalue weighted by Crippen LogP contribution is -2.31. The van der Waals surface area contributed by atoms with Crippen molar-refractivity contribution in [1.82, 2.24) is 14.7 Å². The highest BCUT2D eigenvalue weighted by atomic mass is 19.1. The molecule has 12 heteroatoms. The van der Waals surface area contributed by atoms with E-state index in [4.69, 9.17) is 14.2 Å². The average molecular weight is 486 g/mol. The predicted octanol–water partition coefficient (Wildman–Crippen LogP) is 3.14. The largest absolute Gasteiger partial charge is 0.494 e. The number of nitrogens with zero attached hydrogens (tertiary/aromatic N) is 4. The van der Waals surface area contributed by atoms with Crippen LogP contribution in [0.2, 0.25) is 0 Å². The molecule has 0 spiro atoms. The van der Waals surface area contributed by atoms with Gasteiger partial charge < -0.3 is 19.1 Å². The van der Waals surface area contributed by atoms with Crippen LogP contribution < -0.4 is 9.47 Å². The second kappa shape index (κ2) is 11.1. The molecule has 0 bridgehead atoms. The molecule has 0 aliphatic heterocycles. The fourth-order valence-corrected chi connectivity index (χ4v) is 3.08. The zero-order chi connectivity index (χ0) is 25.5. The van der Waals surface area contributed by atoms with Gasteiger partial charge in [-0.1, -0.05) is 6.07 Å². The number of amides is 1. The van der Waals surface area contributed by atoms with E-state index in [1.54, 1.807) is 13.0 Å². The molecule has 3 rings (SSSR count). The van der Waals surface area contributed by atoms with E-state index in [1.807, 2.05) is 0 Å². The first-order valence-corrected chi connectivity index (χ1v) is 10.4. The molecule has 0 atom stereocenters. The minimum atomic E-state index is -0.752. The monoisotopic (exact) mass is 486 g/mol. The van der Waals surface area contributed by atoms with Gasteiger partial charge in [0.25, 0.3) is 11.6 Å². The number of hydrogen-bond acceptors (Lipinski definition) is 8. The van der Waals surface area contributed by atoms with E-state index in [9.17, 15) is 24.1 Å². The molecular formula is C23H23FN4O7. The van der Waals surface area contributed by atoms with Crippen LogP contribution in [0.5, 0.6) is 11.5 Å². The van der Waals surface area contributed by atoms with Crippen molar-refractivity contribution in [3.63, 3.8) is 0 Å². The number of hydrogen-bond donors (Lipinski definition) is 0. The standard InChI is InChI=1S/C23H23FN4O7/c1-4-34-23(30)22-20(13-27(25-22)16-6-8-17(9-7-16)28(31)32)35-14-21(29)26(2)12-15-5-10-19(33-3)18(24)11-15/h5-11,13H,4,12,14H2,1-3H3. The van der Waals surface area contributed by atoms with E-state index in [2.05, 4.69) is 5.10 Å². The Balaban J connectivity index is 1.74. The molecule has 0 saturated heterocycles. The van der Waals surface area contributed by atoms with Gasteiger partial charge in [0, 0.05) is 25.7 Å². The van der Waals surface area contributed by atoms with Gasteiger partial charge >= 0.3 is 5.97 Å². The number of nitro benzene ring substituents is 1. The van der Waals surface area contributed by atoms with Crippen molar-refractivity contribution in [2.24, 2.45) is 0 Å². The predicted molar refractivity (Wildman–Crippen MR) is 121 cm³/mol. The Morgan fingerprint density at radius 3 is 2.49 bits per heavy atom. The molecule has 184 valence electrons. The fraction of sp³-hybridized carbons (Fsp3) is 0.261. The number of halogens is 1. The highest BCUT2D eigenvalue weighted by Gasteiger charge is 2.22. The Bertz CT molecular complexity index is 1230. The van der Waals surface area contributed by atoms with Gasteiger partial charge in [-0.15, -0.1) is 0 Å². The summed E-state index contributed by atoms with van der Waals surface area (Å²) in [6.07, 6.45) is 1.37. The van der Waals surface area contributed by atoms with Crippen LogP contribution in [0.3, 0.4) is 0 Å². The van der Waals surface area contributed by atoms with Gasteiger partial charge in [0.2, 0.25) is 5.69 Å². The van der Waals surface area contributed by atoms with E-state index in [1.165, 1.54) is 66.3 Å². The van der Waals surface area contributed by atoms with Gasteiger partial charge in [-0.3, -0.25) is 14.9 Å². The molecule has 0 saturated carbocycles. The highest BCUT2D eigenvalue weighted by Crippen LogP contribution is 2.23. The molecule has 1 heterocycles. The van der Waals surface area contributed by atoms with E-state index >= 15 is 0 Å². The molecule has 2 aromatic carbocycles. The number of likely N-dealkylation sites (N-methyl/N-ethyl adjacent to an activating group) is 1. The number of benzene rings is 2. The minimum Gasteiger partial charge on any atom is -0.494 e. The molecule has 0 unspecified atom stereocenters. The number of methoxy groups -OCH3 is 1. The third-order valence-corrected chi connectivity index (χ3v) is 4.89. The Morgan fingerprint density at radius 1 is 1.17 bits per heavy atom. The topological polar surface area (TPSA) is 126 Å². The Hall–Kier alpha value is -4.48. The lowest BCUT2D eigenvalue weighted by Gasteiger charge is -2.18. The number of ether oxygens (including phenoxy) is 3. The summed E-state index contributed by atoms with van der Waals surface area (Å²) in [6, 6.07) is 9.88. The molecule has 3 aromatic rings. The maximum absolute atomic E-state index is 13.9. The molecule has 1 amide bonds. The van der Waals surface area contributed by atoms with Gasteiger partial charge in [0.15, 0.2) is 23.9 Å². The van der Waals surface area contributed by atoms with Gasteiger partial charge in [0.1, 0.15) is 0 Å². The van der Waals surface area contributed by atoms with Crippen LogP contribution in [-0.2, 0) is 16.1 Å². The number of carbonyl (C=O) groups excluding carboxylic acids is 2. The summed E-state index contributed by atoms with van der Waals surface area (Å²) < 4.78 is 30.7. The van der Waals surface area contributed by atoms with Crippen LogP contribution in [0.25, 0.3) is 5.69 Å². The van der Waals surface area contributed by atoms with E-state index < -0.39 is 29.2 Å². The smallest absolute Gasteiger partial charge is 0.362 e. The van der Waals surface area contributed by atoms with Gasteiger partial charge in [-0.25, -0.2) is 13.9 Å². The number of aromatic nitrogens is 2. The van der Waals surface area contributed by atoms with Gasteiger partial charge in [0.05, 0.1) is 30.5 Å². The molecule has 0 aliphatic rings. The molecule has 1 aromatic heterocycles. The van der Waals surface area contributed by atoms with Crippen molar-refractivity contribution in [3.05, 3.63) is 75.9 Å². The summed E-state index contributed by atoms with van der Waals surface area (Å²) in [5.41, 5.74) is 0.726. The zero-order valence-electron chi connectivity index (χ0n) is 19.3. The molecule has 0 N–H and O–H groups in total. The van der Waals surface area contributed by atoms with Crippen molar-refractivity contribution in [2.75, 3.05) is 27.4 Å². The summed E-state index contributed by atoms with van der Waals surface area (Å²) in [6.45, 7) is 1.43. The second-order valence-corrected chi connectivity index (χ2v) is 7.29. The van der Waals surface area contributed by atoms with Crippen molar-refractivity contribution in [1.29, 1.82) is 0 Å². The third-order valence-electron chi connectivity index (χ3n) is 4.89. The lowest BCUT2D eigenvalue weighted by atomic mass is 10.2. The van der Waals surface area contributed by atoms with Crippen LogP contribution in [0.1, 0.15) is 23.0 Å². The van der Waals surface area contributed by atoms with Crippen LogP contribution >= 0.6 is 0 Å². The molecule has 0 aliphatic carbocycles. The van der Waals surface area contributed by atoms with Gasteiger partial charge in [-0.2, -0.15) is 5.10 Å². The van der Waals surface area contributed by atoms with Gasteiger partial charge in [-0.05, 0) is 36.8 Å². The summed E-state index contributed by atoms with van der Waals surface area (Å²) in [5, 5.41) is 15.0. The summed E-state index contributed by atoms with van der Waals surface area (Å²) in [5.74, 6) is -1.63.